The molecule has 3 heteroatoms. The van der Waals surface area contributed by atoms with Crippen LogP contribution in [0.5, 0.6) is 0 Å². The average Bonchev–Trinajstić information content (AvgIpc) is 1.85. The van der Waals surface area contributed by atoms with Crippen LogP contribution in [0.4, 0.5) is 0 Å². The van der Waals surface area contributed by atoms with Crippen molar-refractivity contribution in [1.82, 2.24) is 10.2 Å². The van der Waals surface area contributed by atoms with Crippen molar-refractivity contribution in [1.29, 1.82) is 0 Å². The Hall–Kier alpha value is 0.270. The van der Waals surface area contributed by atoms with Gasteiger partial charge in [-0.3, -0.25) is 4.90 Å². The van der Waals surface area contributed by atoms with E-state index in [2.05, 4.69) is 36.7 Å². The molecule has 0 aromatic rings. The van der Waals surface area contributed by atoms with Crippen LogP contribution >= 0.6 is 12.6 Å². The van der Waals surface area contributed by atoms with Crippen molar-refractivity contribution in [2.75, 3.05) is 32.7 Å². The van der Waals surface area contributed by atoms with Crippen molar-refractivity contribution in [3.05, 3.63) is 0 Å². The summed E-state index contributed by atoms with van der Waals surface area (Å²) in [5.74, 6) is 0. The molecule has 0 aromatic heterocycles. The summed E-state index contributed by atoms with van der Waals surface area (Å²) < 4.78 is 0.150. The molecule has 0 bridgehead atoms. The highest BCUT2D eigenvalue weighted by molar-refractivity contribution is 7.81. The lowest BCUT2D eigenvalue weighted by atomic mass is 10.2. The summed E-state index contributed by atoms with van der Waals surface area (Å²) in [5, 5.41) is 3.33. The number of rotatable bonds is 2. The topological polar surface area (TPSA) is 15.3 Å². The second kappa shape index (κ2) is 3.78. The normalized spacial score (nSPS) is 22.1. The highest BCUT2D eigenvalue weighted by Gasteiger charge is 2.18. The van der Waals surface area contributed by atoms with Crippen LogP contribution in [0.3, 0.4) is 0 Å². The van der Waals surface area contributed by atoms with Crippen LogP contribution in [-0.2, 0) is 0 Å². The molecule has 11 heavy (non-hydrogen) atoms. The van der Waals surface area contributed by atoms with E-state index in [-0.39, 0.29) is 4.75 Å². The molecule has 1 rings (SSSR count). The highest BCUT2D eigenvalue weighted by Crippen LogP contribution is 2.13. The van der Waals surface area contributed by atoms with E-state index in [1.807, 2.05) is 0 Å². The summed E-state index contributed by atoms with van der Waals surface area (Å²) in [7, 11) is 0. The van der Waals surface area contributed by atoms with E-state index in [0.29, 0.717) is 0 Å². The summed E-state index contributed by atoms with van der Waals surface area (Å²) in [5.41, 5.74) is 0. The summed E-state index contributed by atoms with van der Waals surface area (Å²) in [6, 6.07) is 0. The minimum Gasteiger partial charge on any atom is -0.314 e. The molecule has 0 amide bonds. The molecule has 1 heterocycles. The molecule has 0 radical (unpaired) electrons. The number of nitrogens with zero attached hydrogens (tertiary/aromatic N) is 1. The van der Waals surface area contributed by atoms with Gasteiger partial charge >= 0.3 is 0 Å². The van der Waals surface area contributed by atoms with Gasteiger partial charge in [0.25, 0.3) is 0 Å². The third-order valence-corrected chi connectivity index (χ3v) is 1.96. The van der Waals surface area contributed by atoms with Gasteiger partial charge < -0.3 is 5.32 Å². The molecule has 1 fully saturated rings. The van der Waals surface area contributed by atoms with Gasteiger partial charge in [-0.05, 0) is 13.8 Å². The first-order valence-electron chi connectivity index (χ1n) is 4.23. The van der Waals surface area contributed by atoms with E-state index in [0.717, 1.165) is 19.6 Å². The highest BCUT2D eigenvalue weighted by atomic mass is 32.1. The van der Waals surface area contributed by atoms with E-state index in [9.17, 15) is 0 Å². The van der Waals surface area contributed by atoms with Crippen LogP contribution in [0.2, 0.25) is 0 Å². The number of piperazine rings is 1. The fraction of sp³-hybridized carbons (Fsp3) is 1.00. The molecular formula is C8H18N2S. The maximum Gasteiger partial charge on any atom is 0.0200 e. The van der Waals surface area contributed by atoms with Gasteiger partial charge in [0.1, 0.15) is 0 Å². The Morgan fingerprint density at radius 3 is 2.36 bits per heavy atom. The zero-order valence-electron chi connectivity index (χ0n) is 7.43. The lowest BCUT2D eigenvalue weighted by Gasteiger charge is -2.32. The smallest absolute Gasteiger partial charge is 0.0200 e. The second-order valence-corrected chi connectivity index (χ2v) is 5.05. The molecule has 0 aromatic carbocycles. The quantitative estimate of drug-likeness (QED) is 0.596. The Kier molecular flexibility index (Phi) is 3.22. The predicted octanol–water partition coefficient (Wildman–Crippen LogP) is 0.600. The van der Waals surface area contributed by atoms with Gasteiger partial charge in [-0.1, -0.05) is 0 Å². The molecule has 1 aliphatic rings. The van der Waals surface area contributed by atoms with E-state index in [1.165, 1.54) is 13.1 Å². The van der Waals surface area contributed by atoms with E-state index >= 15 is 0 Å². The first-order valence-corrected chi connectivity index (χ1v) is 4.68. The fourth-order valence-corrected chi connectivity index (χ4v) is 1.62. The van der Waals surface area contributed by atoms with Crippen LogP contribution in [0.25, 0.3) is 0 Å². The monoisotopic (exact) mass is 174 g/mol. The van der Waals surface area contributed by atoms with Gasteiger partial charge in [0.15, 0.2) is 0 Å². The van der Waals surface area contributed by atoms with Crippen molar-refractivity contribution in [3.8, 4) is 0 Å². The lowest BCUT2D eigenvalue weighted by molar-refractivity contribution is 0.227. The van der Waals surface area contributed by atoms with Gasteiger partial charge in [-0.25, -0.2) is 0 Å². The van der Waals surface area contributed by atoms with Gasteiger partial charge in [0.2, 0.25) is 0 Å². The van der Waals surface area contributed by atoms with Crippen LogP contribution in [-0.4, -0.2) is 42.4 Å². The van der Waals surface area contributed by atoms with Crippen molar-refractivity contribution >= 4 is 12.6 Å². The number of hydrogen-bond donors (Lipinski definition) is 2. The van der Waals surface area contributed by atoms with E-state index < -0.39 is 0 Å². The molecular weight excluding hydrogens is 156 g/mol. The first-order chi connectivity index (χ1) is 5.08. The summed E-state index contributed by atoms with van der Waals surface area (Å²) in [6.45, 7) is 10.0. The number of thiol groups is 1. The maximum atomic E-state index is 4.50. The Balaban J connectivity index is 2.24. The van der Waals surface area contributed by atoms with Crippen molar-refractivity contribution in [3.63, 3.8) is 0 Å². The van der Waals surface area contributed by atoms with Gasteiger partial charge in [-0.2, -0.15) is 12.6 Å². The minimum atomic E-state index is 0.150. The molecule has 0 spiro atoms. The van der Waals surface area contributed by atoms with Gasteiger partial charge in [0.05, 0.1) is 0 Å². The van der Waals surface area contributed by atoms with E-state index in [4.69, 9.17) is 0 Å². The molecule has 0 atom stereocenters. The SMILES string of the molecule is CC(C)(S)CN1CCNCC1. The van der Waals surface area contributed by atoms with Crippen LogP contribution < -0.4 is 5.32 Å². The van der Waals surface area contributed by atoms with Gasteiger partial charge in [0, 0.05) is 37.5 Å². The molecule has 1 aliphatic heterocycles. The number of nitrogens with one attached hydrogen (secondary N) is 1. The largest absolute Gasteiger partial charge is 0.314 e. The van der Waals surface area contributed by atoms with Crippen molar-refractivity contribution < 1.29 is 0 Å². The Bertz CT molecular complexity index is 114. The molecule has 0 unspecified atom stereocenters. The first kappa shape index (κ1) is 9.36. The molecule has 1 N–H and O–H groups in total. The van der Waals surface area contributed by atoms with Crippen molar-refractivity contribution in [2.45, 2.75) is 18.6 Å². The maximum absolute atomic E-state index is 4.50. The zero-order chi connectivity index (χ0) is 8.32. The fourth-order valence-electron chi connectivity index (χ4n) is 1.42. The van der Waals surface area contributed by atoms with Crippen LogP contribution in [0.15, 0.2) is 0 Å². The van der Waals surface area contributed by atoms with Crippen LogP contribution in [0.1, 0.15) is 13.8 Å². The zero-order valence-corrected chi connectivity index (χ0v) is 8.32. The Morgan fingerprint density at radius 1 is 1.36 bits per heavy atom. The molecule has 0 saturated carbocycles. The standard InChI is InChI=1S/C8H18N2S/c1-8(2,11)7-10-5-3-9-4-6-10/h9,11H,3-7H2,1-2H3. The summed E-state index contributed by atoms with van der Waals surface area (Å²) >= 11 is 4.50. The summed E-state index contributed by atoms with van der Waals surface area (Å²) in [6.07, 6.45) is 0. The third kappa shape index (κ3) is 3.99. The molecule has 2 nitrogen and oxygen atoms in total. The molecule has 1 saturated heterocycles. The second-order valence-electron chi connectivity index (χ2n) is 3.84. The Labute approximate surface area is 74.8 Å². The van der Waals surface area contributed by atoms with Gasteiger partial charge in [-0.15, -0.1) is 0 Å². The lowest BCUT2D eigenvalue weighted by Crippen LogP contribution is -2.47. The third-order valence-electron chi connectivity index (χ3n) is 1.82. The summed E-state index contributed by atoms with van der Waals surface area (Å²) in [4.78, 5) is 2.46. The predicted molar refractivity (Wildman–Crippen MR) is 52.4 cm³/mol. The Morgan fingerprint density at radius 2 is 1.91 bits per heavy atom. The number of hydrogen-bond acceptors (Lipinski definition) is 3. The average molecular weight is 174 g/mol. The van der Waals surface area contributed by atoms with Crippen molar-refractivity contribution in [2.24, 2.45) is 0 Å². The van der Waals surface area contributed by atoms with Crippen LogP contribution in [0, 0.1) is 0 Å². The minimum absolute atomic E-state index is 0.150. The van der Waals surface area contributed by atoms with E-state index in [1.54, 1.807) is 0 Å². The molecule has 0 aliphatic carbocycles. The molecule has 66 valence electrons.